The first kappa shape index (κ1) is 20.0. The van der Waals surface area contributed by atoms with Gasteiger partial charge in [0, 0.05) is 18.6 Å². The van der Waals surface area contributed by atoms with Gasteiger partial charge in [0.2, 0.25) is 0 Å². The summed E-state index contributed by atoms with van der Waals surface area (Å²) in [5, 5.41) is 0. The minimum atomic E-state index is 0. The molecule has 6 heteroatoms. The standard InChI is InChI=1S/C16H28N2O2.2ClH/c1-17-13-5-6-14(17)12-15(11-13)20-16(19)7-10-18-8-3-2-4-9-18;;/h13-15H,2-12H2,1H3;2*1H. The molecule has 2 unspecified atom stereocenters. The van der Waals surface area contributed by atoms with E-state index in [9.17, 15) is 4.79 Å². The zero-order valence-corrected chi connectivity index (χ0v) is 15.2. The zero-order valence-electron chi connectivity index (χ0n) is 13.5. The smallest absolute Gasteiger partial charge is 0.307 e. The van der Waals surface area contributed by atoms with E-state index in [0.717, 1.165) is 32.5 Å². The summed E-state index contributed by atoms with van der Waals surface area (Å²) < 4.78 is 5.72. The molecule has 3 aliphatic heterocycles. The third-order valence-electron chi connectivity index (χ3n) is 5.43. The molecule has 0 aromatic carbocycles. The van der Waals surface area contributed by atoms with Crippen LogP contribution in [-0.4, -0.2) is 60.6 Å². The summed E-state index contributed by atoms with van der Waals surface area (Å²) in [6.45, 7) is 3.20. The van der Waals surface area contributed by atoms with Crippen LogP contribution in [0, 0.1) is 0 Å². The SMILES string of the molecule is CN1C2CCC1CC(OC(=O)CCN1CCCCC1)C2.Cl.Cl. The quantitative estimate of drug-likeness (QED) is 0.728. The molecule has 2 bridgehead atoms. The molecule has 3 rings (SSSR count). The first-order valence-corrected chi connectivity index (χ1v) is 8.36. The molecule has 0 aromatic rings. The fourth-order valence-corrected chi connectivity index (χ4v) is 4.14. The molecule has 3 aliphatic rings. The van der Waals surface area contributed by atoms with Gasteiger partial charge in [0.25, 0.3) is 0 Å². The van der Waals surface area contributed by atoms with Crippen molar-refractivity contribution in [3.63, 3.8) is 0 Å². The molecule has 2 atom stereocenters. The van der Waals surface area contributed by atoms with Crippen LogP contribution in [0.3, 0.4) is 0 Å². The first-order chi connectivity index (χ1) is 9.72. The summed E-state index contributed by atoms with van der Waals surface area (Å²) in [5.74, 6) is 0.0181. The van der Waals surface area contributed by atoms with Gasteiger partial charge in [0.1, 0.15) is 6.10 Å². The van der Waals surface area contributed by atoms with Crippen LogP contribution in [0.5, 0.6) is 0 Å². The van der Waals surface area contributed by atoms with Crippen molar-refractivity contribution in [2.45, 2.75) is 69.6 Å². The highest BCUT2D eigenvalue weighted by atomic mass is 35.5. The molecule has 0 aromatic heterocycles. The number of hydrogen-bond donors (Lipinski definition) is 0. The van der Waals surface area contributed by atoms with Gasteiger partial charge in [-0.05, 0) is 58.7 Å². The number of halogens is 2. The molecule has 3 saturated heterocycles. The lowest BCUT2D eigenvalue weighted by atomic mass is 10.0. The number of carbonyl (C=O) groups excluding carboxylic acids is 1. The van der Waals surface area contributed by atoms with Gasteiger partial charge in [0.05, 0.1) is 6.42 Å². The maximum Gasteiger partial charge on any atom is 0.307 e. The Morgan fingerprint density at radius 2 is 1.64 bits per heavy atom. The van der Waals surface area contributed by atoms with Gasteiger partial charge in [-0.15, -0.1) is 24.8 Å². The summed E-state index contributed by atoms with van der Waals surface area (Å²) >= 11 is 0. The number of hydrogen-bond acceptors (Lipinski definition) is 4. The second-order valence-electron chi connectivity index (χ2n) is 6.79. The predicted octanol–water partition coefficient (Wildman–Crippen LogP) is 2.87. The van der Waals surface area contributed by atoms with Crippen molar-refractivity contribution in [1.82, 2.24) is 9.80 Å². The molecule has 3 heterocycles. The van der Waals surface area contributed by atoms with E-state index in [4.69, 9.17) is 4.74 Å². The Balaban J connectivity index is 0.00000121. The molecule has 0 amide bonds. The Bertz CT molecular complexity index is 337. The zero-order chi connectivity index (χ0) is 13.9. The number of ether oxygens (including phenoxy) is 1. The van der Waals surface area contributed by atoms with Crippen molar-refractivity contribution in [1.29, 1.82) is 0 Å². The lowest BCUT2D eigenvalue weighted by Crippen LogP contribution is -2.43. The predicted molar refractivity (Wildman–Crippen MR) is 93.1 cm³/mol. The molecule has 0 saturated carbocycles. The highest BCUT2D eigenvalue weighted by Gasteiger charge is 2.39. The van der Waals surface area contributed by atoms with Crippen molar-refractivity contribution in [2.24, 2.45) is 0 Å². The van der Waals surface area contributed by atoms with Crippen LogP contribution < -0.4 is 0 Å². The number of nitrogens with zero attached hydrogens (tertiary/aromatic N) is 2. The average Bonchev–Trinajstić information content (AvgIpc) is 2.68. The molecule has 4 nitrogen and oxygen atoms in total. The van der Waals surface area contributed by atoms with Crippen LogP contribution in [0.1, 0.15) is 51.4 Å². The number of fused-ring (bicyclic) bond motifs is 2. The Labute approximate surface area is 146 Å². The van der Waals surface area contributed by atoms with Crippen molar-refractivity contribution in [3.8, 4) is 0 Å². The Hall–Kier alpha value is -0.0300. The van der Waals surface area contributed by atoms with Gasteiger partial charge < -0.3 is 14.5 Å². The van der Waals surface area contributed by atoms with E-state index in [1.54, 1.807) is 0 Å². The van der Waals surface area contributed by atoms with Gasteiger partial charge in [-0.3, -0.25) is 4.79 Å². The summed E-state index contributed by atoms with van der Waals surface area (Å²) in [5.41, 5.74) is 0. The highest BCUT2D eigenvalue weighted by Crippen LogP contribution is 2.35. The molecule has 0 aliphatic carbocycles. The van der Waals surface area contributed by atoms with E-state index < -0.39 is 0 Å². The average molecular weight is 353 g/mol. The second-order valence-corrected chi connectivity index (χ2v) is 6.79. The molecular weight excluding hydrogens is 323 g/mol. The number of carbonyl (C=O) groups is 1. The van der Waals surface area contributed by atoms with E-state index in [0.29, 0.717) is 18.5 Å². The molecular formula is C16H30Cl2N2O2. The lowest BCUT2D eigenvalue weighted by molar-refractivity contribution is -0.152. The molecule has 0 N–H and O–H groups in total. The fraction of sp³-hybridized carbons (Fsp3) is 0.938. The Morgan fingerprint density at radius 3 is 2.23 bits per heavy atom. The van der Waals surface area contributed by atoms with E-state index in [1.165, 1.54) is 32.1 Å². The minimum Gasteiger partial charge on any atom is -0.462 e. The monoisotopic (exact) mass is 352 g/mol. The van der Waals surface area contributed by atoms with Gasteiger partial charge in [0.15, 0.2) is 0 Å². The van der Waals surface area contributed by atoms with Crippen LogP contribution in [0.4, 0.5) is 0 Å². The fourth-order valence-electron chi connectivity index (χ4n) is 4.14. The minimum absolute atomic E-state index is 0. The number of likely N-dealkylation sites (tertiary alicyclic amines) is 1. The topological polar surface area (TPSA) is 32.8 Å². The summed E-state index contributed by atoms with van der Waals surface area (Å²) in [6, 6.07) is 1.29. The van der Waals surface area contributed by atoms with Crippen molar-refractivity contribution in [3.05, 3.63) is 0 Å². The van der Waals surface area contributed by atoms with Gasteiger partial charge in [-0.25, -0.2) is 0 Å². The van der Waals surface area contributed by atoms with Crippen LogP contribution >= 0.6 is 24.8 Å². The van der Waals surface area contributed by atoms with E-state index in [-0.39, 0.29) is 36.9 Å². The third kappa shape index (κ3) is 4.98. The van der Waals surface area contributed by atoms with Crippen LogP contribution in [0.15, 0.2) is 0 Å². The third-order valence-corrected chi connectivity index (χ3v) is 5.43. The molecule has 0 radical (unpaired) electrons. The Morgan fingerprint density at radius 1 is 1.05 bits per heavy atom. The van der Waals surface area contributed by atoms with E-state index in [2.05, 4.69) is 16.8 Å². The maximum atomic E-state index is 12.0. The first-order valence-electron chi connectivity index (χ1n) is 8.36. The van der Waals surface area contributed by atoms with Crippen LogP contribution in [-0.2, 0) is 9.53 Å². The van der Waals surface area contributed by atoms with Crippen molar-refractivity contribution in [2.75, 3.05) is 26.7 Å². The highest BCUT2D eigenvalue weighted by molar-refractivity contribution is 5.85. The second kappa shape index (κ2) is 9.31. The molecule has 0 spiro atoms. The summed E-state index contributed by atoms with van der Waals surface area (Å²) in [4.78, 5) is 16.9. The van der Waals surface area contributed by atoms with Gasteiger partial charge in [-0.2, -0.15) is 0 Å². The number of rotatable bonds is 4. The number of piperidine rings is 2. The maximum absolute atomic E-state index is 12.0. The molecule has 22 heavy (non-hydrogen) atoms. The van der Waals surface area contributed by atoms with Crippen LogP contribution in [0.25, 0.3) is 0 Å². The number of esters is 1. The summed E-state index contributed by atoms with van der Waals surface area (Å²) in [7, 11) is 2.22. The molecule has 3 fully saturated rings. The van der Waals surface area contributed by atoms with Gasteiger partial charge >= 0.3 is 5.97 Å². The normalized spacial score (nSPS) is 32.0. The van der Waals surface area contributed by atoms with Gasteiger partial charge in [-0.1, -0.05) is 6.42 Å². The van der Waals surface area contributed by atoms with Crippen molar-refractivity contribution < 1.29 is 9.53 Å². The van der Waals surface area contributed by atoms with Crippen LogP contribution in [0.2, 0.25) is 0 Å². The van der Waals surface area contributed by atoms with E-state index >= 15 is 0 Å². The largest absolute Gasteiger partial charge is 0.462 e. The summed E-state index contributed by atoms with van der Waals surface area (Å²) in [6.07, 6.45) is 9.32. The van der Waals surface area contributed by atoms with Crippen molar-refractivity contribution >= 4 is 30.8 Å². The Kier molecular flexibility index (Phi) is 8.47. The van der Waals surface area contributed by atoms with E-state index in [1.807, 2.05) is 0 Å². The lowest BCUT2D eigenvalue weighted by Gasteiger charge is -2.36. The molecule has 130 valence electrons.